The molecule has 2 aromatic carbocycles. The number of hydrogen-bond donors (Lipinski definition) is 1. The van der Waals surface area contributed by atoms with Gasteiger partial charge in [-0.05, 0) is 31.0 Å². The summed E-state index contributed by atoms with van der Waals surface area (Å²) in [6, 6.07) is 18.5. The highest BCUT2D eigenvalue weighted by molar-refractivity contribution is 7.99. The van der Waals surface area contributed by atoms with E-state index >= 15 is 0 Å². The van der Waals surface area contributed by atoms with Crippen LogP contribution in [0.3, 0.4) is 0 Å². The van der Waals surface area contributed by atoms with Gasteiger partial charge in [0.05, 0.1) is 6.10 Å². The van der Waals surface area contributed by atoms with Gasteiger partial charge in [0.25, 0.3) is 0 Å². The fourth-order valence-electron chi connectivity index (χ4n) is 1.88. The molecule has 1 unspecified atom stereocenters. The largest absolute Gasteiger partial charge is 0.392 e. The molecule has 0 heterocycles. The number of aliphatic hydroxyl groups is 1. The van der Waals surface area contributed by atoms with Crippen molar-refractivity contribution in [3.05, 3.63) is 65.7 Å². The van der Waals surface area contributed by atoms with Gasteiger partial charge in [0.2, 0.25) is 0 Å². The molecule has 0 aromatic heterocycles. The molecule has 1 nitrogen and oxygen atoms in total. The Kier molecular flexibility index (Phi) is 4.85. The number of hydrogen-bond acceptors (Lipinski definition) is 2. The van der Waals surface area contributed by atoms with Gasteiger partial charge < -0.3 is 5.11 Å². The summed E-state index contributed by atoms with van der Waals surface area (Å²) in [6.07, 6.45) is 0.429. The maximum Gasteiger partial charge on any atom is 0.0674 e. The molecule has 94 valence electrons. The molecule has 0 amide bonds. The van der Waals surface area contributed by atoms with Crippen LogP contribution < -0.4 is 0 Å². The Hall–Kier alpha value is -1.25. The van der Waals surface area contributed by atoms with Gasteiger partial charge in [0, 0.05) is 10.6 Å². The number of aliphatic hydroxyl groups excluding tert-OH is 1. The standard InChI is InChI=1S/C16H18OS/c1-13-6-5-7-14(10-13)11-15(17)12-18-16-8-3-2-4-9-16/h2-10,15,17H,11-12H2,1H3. The topological polar surface area (TPSA) is 20.2 Å². The minimum atomic E-state index is -0.294. The maximum atomic E-state index is 10.0. The molecule has 0 radical (unpaired) electrons. The molecule has 1 N–H and O–H groups in total. The minimum Gasteiger partial charge on any atom is -0.392 e. The maximum absolute atomic E-state index is 10.0. The van der Waals surface area contributed by atoms with E-state index in [4.69, 9.17) is 0 Å². The van der Waals surface area contributed by atoms with Crippen LogP contribution in [0.2, 0.25) is 0 Å². The molecule has 0 fully saturated rings. The molecular weight excluding hydrogens is 240 g/mol. The highest BCUT2D eigenvalue weighted by atomic mass is 32.2. The number of benzene rings is 2. The van der Waals surface area contributed by atoms with E-state index in [0.717, 1.165) is 12.2 Å². The molecule has 2 rings (SSSR count). The van der Waals surface area contributed by atoms with Crippen LogP contribution in [0.5, 0.6) is 0 Å². The van der Waals surface area contributed by atoms with Crippen LogP contribution in [0.25, 0.3) is 0 Å². The van der Waals surface area contributed by atoms with E-state index in [1.807, 2.05) is 24.3 Å². The Balaban J connectivity index is 1.84. The first-order chi connectivity index (χ1) is 8.74. The molecule has 18 heavy (non-hydrogen) atoms. The second-order valence-corrected chi connectivity index (χ2v) is 5.56. The molecule has 0 aliphatic rings. The molecule has 0 saturated carbocycles. The zero-order chi connectivity index (χ0) is 12.8. The van der Waals surface area contributed by atoms with Crippen molar-refractivity contribution in [2.24, 2.45) is 0 Å². The van der Waals surface area contributed by atoms with Crippen LogP contribution in [0.4, 0.5) is 0 Å². The molecule has 2 aromatic rings. The van der Waals surface area contributed by atoms with Crippen molar-refractivity contribution in [1.82, 2.24) is 0 Å². The second-order valence-electron chi connectivity index (χ2n) is 4.47. The van der Waals surface area contributed by atoms with Crippen LogP contribution in [0, 0.1) is 6.92 Å². The predicted octanol–water partition coefficient (Wildman–Crippen LogP) is 3.69. The van der Waals surface area contributed by atoms with Gasteiger partial charge >= 0.3 is 0 Å². The lowest BCUT2D eigenvalue weighted by molar-refractivity contribution is 0.200. The average Bonchev–Trinajstić information content (AvgIpc) is 2.38. The number of aryl methyl sites for hydroxylation is 1. The highest BCUT2D eigenvalue weighted by Gasteiger charge is 2.06. The van der Waals surface area contributed by atoms with Crippen molar-refractivity contribution in [1.29, 1.82) is 0 Å². The van der Waals surface area contributed by atoms with Gasteiger partial charge in [-0.3, -0.25) is 0 Å². The lowest BCUT2D eigenvalue weighted by Crippen LogP contribution is -2.13. The van der Waals surface area contributed by atoms with Gasteiger partial charge in [-0.2, -0.15) is 0 Å². The first-order valence-electron chi connectivity index (χ1n) is 6.15. The van der Waals surface area contributed by atoms with E-state index in [1.54, 1.807) is 11.8 Å². The van der Waals surface area contributed by atoms with Crippen molar-refractivity contribution in [2.45, 2.75) is 24.3 Å². The first kappa shape index (κ1) is 13.2. The third-order valence-corrected chi connectivity index (χ3v) is 3.90. The summed E-state index contributed by atoms with van der Waals surface area (Å²) >= 11 is 1.70. The van der Waals surface area contributed by atoms with Gasteiger partial charge in [0.1, 0.15) is 0 Å². The smallest absolute Gasteiger partial charge is 0.0674 e. The Morgan fingerprint density at radius 1 is 1.06 bits per heavy atom. The number of thioether (sulfide) groups is 1. The summed E-state index contributed by atoms with van der Waals surface area (Å²) in [5.41, 5.74) is 2.45. The summed E-state index contributed by atoms with van der Waals surface area (Å²) in [5.74, 6) is 0.734. The Morgan fingerprint density at radius 3 is 2.56 bits per heavy atom. The molecule has 2 heteroatoms. The van der Waals surface area contributed by atoms with E-state index < -0.39 is 0 Å². The first-order valence-corrected chi connectivity index (χ1v) is 7.14. The lowest BCUT2D eigenvalue weighted by Gasteiger charge is -2.10. The lowest BCUT2D eigenvalue weighted by atomic mass is 10.1. The van der Waals surface area contributed by atoms with Crippen LogP contribution >= 0.6 is 11.8 Å². The highest BCUT2D eigenvalue weighted by Crippen LogP contribution is 2.19. The third kappa shape index (κ3) is 4.21. The van der Waals surface area contributed by atoms with Crippen molar-refractivity contribution in [3.63, 3.8) is 0 Å². The average molecular weight is 258 g/mol. The molecule has 0 aliphatic heterocycles. The number of rotatable bonds is 5. The van der Waals surface area contributed by atoms with Gasteiger partial charge in [-0.25, -0.2) is 0 Å². The third-order valence-electron chi connectivity index (χ3n) is 2.74. The summed E-state index contributed by atoms with van der Waals surface area (Å²) in [4.78, 5) is 1.21. The van der Waals surface area contributed by atoms with Crippen LogP contribution in [-0.4, -0.2) is 17.0 Å². The van der Waals surface area contributed by atoms with Crippen molar-refractivity contribution < 1.29 is 5.11 Å². The predicted molar refractivity (Wildman–Crippen MR) is 78.1 cm³/mol. The molecule has 0 spiro atoms. The van der Waals surface area contributed by atoms with Crippen molar-refractivity contribution in [2.75, 3.05) is 5.75 Å². The zero-order valence-corrected chi connectivity index (χ0v) is 11.4. The monoisotopic (exact) mass is 258 g/mol. The van der Waals surface area contributed by atoms with Gasteiger partial charge in [0.15, 0.2) is 0 Å². The Bertz CT molecular complexity index is 481. The van der Waals surface area contributed by atoms with Crippen LogP contribution in [0.15, 0.2) is 59.5 Å². The van der Waals surface area contributed by atoms with Crippen molar-refractivity contribution >= 4 is 11.8 Å². The molecule has 0 saturated heterocycles. The van der Waals surface area contributed by atoms with E-state index in [9.17, 15) is 5.11 Å². The van der Waals surface area contributed by atoms with E-state index in [1.165, 1.54) is 16.0 Å². The molecular formula is C16H18OS. The Labute approximate surface area is 113 Å². The quantitative estimate of drug-likeness (QED) is 0.825. The van der Waals surface area contributed by atoms with E-state index in [-0.39, 0.29) is 6.10 Å². The zero-order valence-electron chi connectivity index (χ0n) is 10.5. The summed E-state index contributed by atoms with van der Waals surface area (Å²) in [5, 5.41) is 10.0. The molecule has 0 aliphatic carbocycles. The molecule has 0 bridgehead atoms. The fourth-order valence-corrected chi connectivity index (χ4v) is 2.73. The minimum absolute atomic E-state index is 0.294. The van der Waals surface area contributed by atoms with Crippen LogP contribution in [-0.2, 0) is 6.42 Å². The van der Waals surface area contributed by atoms with E-state index in [2.05, 4.69) is 37.3 Å². The normalized spacial score (nSPS) is 12.3. The summed E-state index contributed by atoms with van der Waals surface area (Å²) in [6.45, 7) is 2.08. The summed E-state index contributed by atoms with van der Waals surface area (Å²) < 4.78 is 0. The van der Waals surface area contributed by atoms with E-state index in [0.29, 0.717) is 0 Å². The SMILES string of the molecule is Cc1cccc(CC(O)CSc2ccccc2)c1. The van der Waals surface area contributed by atoms with Gasteiger partial charge in [-0.15, -0.1) is 11.8 Å². The Morgan fingerprint density at radius 2 is 1.83 bits per heavy atom. The summed E-state index contributed by atoms with van der Waals surface area (Å²) in [7, 11) is 0. The van der Waals surface area contributed by atoms with Crippen LogP contribution in [0.1, 0.15) is 11.1 Å². The molecule has 1 atom stereocenters. The second kappa shape index (κ2) is 6.62. The van der Waals surface area contributed by atoms with Gasteiger partial charge in [-0.1, -0.05) is 48.0 Å². The fraction of sp³-hybridized carbons (Fsp3) is 0.250. The van der Waals surface area contributed by atoms with Crippen molar-refractivity contribution in [3.8, 4) is 0 Å².